The molecule has 0 bridgehead atoms. The molecule has 1 unspecified atom stereocenters. The predicted octanol–water partition coefficient (Wildman–Crippen LogP) is 4.84. The van der Waals surface area contributed by atoms with Crippen LogP contribution < -0.4 is 14.8 Å². The summed E-state index contributed by atoms with van der Waals surface area (Å²) in [5.74, 6) is 2.39. The van der Waals surface area contributed by atoms with Gasteiger partial charge in [0.25, 0.3) is 5.91 Å². The maximum absolute atomic E-state index is 13.0. The first-order valence-corrected chi connectivity index (χ1v) is 9.81. The zero-order valence-electron chi connectivity index (χ0n) is 15.7. The number of rotatable bonds is 5. The molecule has 2 aromatic rings. The third-order valence-corrected chi connectivity index (χ3v) is 5.37. The molecule has 1 atom stereocenters. The van der Waals surface area contributed by atoms with Crippen molar-refractivity contribution in [2.75, 3.05) is 12.9 Å². The number of amides is 1. The van der Waals surface area contributed by atoms with Gasteiger partial charge in [0.1, 0.15) is 17.1 Å². The van der Waals surface area contributed by atoms with Crippen LogP contribution in [0.4, 0.5) is 0 Å². The van der Waals surface area contributed by atoms with Gasteiger partial charge in [-0.15, -0.1) is 11.8 Å². The van der Waals surface area contributed by atoms with Gasteiger partial charge in [0, 0.05) is 22.9 Å². The molecular weight excluding hydrogens is 346 g/mol. The van der Waals surface area contributed by atoms with E-state index in [4.69, 9.17) is 9.47 Å². The number of ether oxygens (including phenoxy) is 2. The van der Waals surface area contributed by atoms with Gasteiger partial charge in [0.15, 0.2) is 0 Å². The second-order valence-electron chi connectivity index (χ2n) is 6.92. The third-order valence-electron chi connectivity index (χ3n) is 4.41. The summed E-state index contributed by atoms with van der Waals surface area (Å²) in [6, 6.07) is 13.4. The lowest BCUT2D eigenvalue weighted by atomic mass is 9.89. The minimum absolute atomic E-state index is 0.0500. The van der Waals surface area contributed by atoms with Crippen LogP contribution in [0.5, 0.6) is 11.5 Å². The molecule has 0 spiro atoms. The number of thioether (sulfide) groups is 1. The Morgan fingerprint density at radius 3 is 2.81 bits per heavy atom. The highest BCUT2D eigenvalue weighted by Crippen LogP contribution is 2.41. The summed E-state index contributed by atoms with van der Waals surface area (Å²) >= 11 is 1.68. The van der Waals surface area contributed by atoms with Crippen molar-refractivity contribution in [1.82, 2.24) is 5.32 Å². The Balaban J connectivity index is 1.89. The van der Waals surface area contributed by atoms with Crippen molar-refractivity contribution in [2.24, 2.45) is 0 Å². The first-order chi connectivity index (χ1) is 12.4. The number of hydrogen-bond acceptors (Lipinski definition) is 4. The number of benzene rings is 2. The largest absolute Gasteiger partial charge is 0.497 e. The summed E-state index contributed by atoms with van der Waals surface area (Å²) in [7, 11) is 1.64. The van der Waals surface area contributed by atoms with Gasteiger partial charge in [-0.25, -0.2) is 0 Å². The Labute approximate surface area is 159 Å². The van der Waals surface area contributed by atoms with Gasteiger partial charge in [-0.05, 0) is 43.9 Å². The minimum atomic E-state index is -0.366. The van der Waals surface area contributed by atoms with Gasteiger partial charge in [0.05, 0.1) is 18.7 Å². The SMILES string of the molecule is CCSc1ccccc1C(=O)NC1CC(C)(C)Oc2cc(OC)ccc21. The Kier molecular flexibility index (Phi) is 5.47. The molecule has 138 valence electrons. The van der Waals surface area contributed by atoms with E-state index in [0.717, 1.165) is 33.3 Å². The van der Waals surface area contributed by atoms with Crippen LogP contribution in [0.15, 0.2) is 47.4 Å². The van der Waals surface area contributed by atoms with Crippen LogP contribution in [0.3, 0.4) is 0 Å². The molecule has 4 nitrogen and oxygen atoms in total. The molecular formula is C21H25NO3S. The van der Waals surface area contributed by atoms with Crippen molar-refractivity contribution in [2.45, 2.75) is 43.7 Å². The molecule has 0 aliphatic carbocycles. The maximum Gasteiger partial charge on any atom is 0.252 e. The molecule has 2 aromatic carbocycles. The van der Waals surface area contributed by atoms with E-state index in [1.165, 1.54) is 0 Å². The van der Waals surface area contributed by atoms with E-state index in [0.29, 0.717) is 6.42 Å². The maximum atomic E-state index is 13.0. The van der Waals surface area contributed by atoms with Crippen LogP contribution in [0.25, 0.3) is 0 Å². The van der Waals surface area contributed by atoms with Crippen molar-refractivity contribution in [3.8, 4) is 11.5 Å². The molecule has 5 heteroatoms. The Morgan fingerprint density at radius 2 is 2.08 bits per heavy atom. The van der Waals surface area contributed by atoms with Gasteiger partial charge in [0.2, 0.25) is 0 Å². The summed E-state index contributed by atoms with van der Waals surface area (Å²) in [4.78, 5) is 14.0. The van der Waals surface area contributed by atoms with Gasteiger partial charge in [-0.2, -0.15) is 0 Å². The number of carbonyl (C=O) groups excluding carboxylic acids is 1. The molecule has 0 saturated carbocycles. The molecule has 1 amide bonds. The Bertz CT molecular complexity index is 804. The number of hydrogen-bond donors (Lipinski definition) is 1. The fourth-order valence-corrected chi connectivity index (χ4v) is 4.06. The monoisotopic (exact) mass is 371 g/mol. The highest BCUT2D eigenvalue weighted by molar-refractivity contribution is 7.99. The quantitative estimate of drug-likeness (QED) is 0.764. The van der Waals surface area contributed by atoms with Gasteiger partial charge >= 0.3 is 0 Å². The average molecular weight is 372 g/mol. The van der Waals surface area contributed by atoms with Crippen LogP contribution in [-0.4, -0.2) is 24.4 Å². The van der Waals surface area contributed by atoms with Crippen molar-refractivity contribution in [3.63, 3.8) is 0 Å². The van der Waals surface area contributed by atoms with E-state index in [9.17, 15) is 4.79 Å². The second-order valence-corrected chi connectivity index (χ2v) is 8.23. The molecule has 26 heavy (non-hydrogen) atoms. The summed E-state index contributed by atoms with van der Waals surface area (Å²) in [5.41, 5.74) is 1.34. The fraction of sp³-hybridized carbons (Fsp3) is 0.381. The standard InChI is InChI=1S/C21H25NO3S/c1-5-26-19-9-7-6-8-16(19)20(23)22-17-13-21(2,3)25-18-12-14(24-4)10-11-15(17)18/h6-12,17H,5,13H2,1-4H3,(H,22,23). The van der Waals surface area contributed by atoms with E-state index < -0.39 is 0 Å². The number of methoxy groups -OCH3 is 1. The Hall–Kier alpha value is -2.14. The van der Waals surface area contributed by atoms with Gasteiger partial charge < -0.3 is 14.8 Å². The van der Waals surface area contributed by atoms with Crippen LogP contribution in [0, 0.1) is 0 Å². The molecule has 0 aromatic heterocycles. The number of carbonyl (C=O) groups is 1. The third kappa shape index (κ3) is 3.98. The second kappa shape index (κ2) is 7.62. The van der Waals surface area contributed by atoms with Crippen LogP contribution in [-0.2, 0) is 0 Å². The summed E-state index contributed by atoms with van der Waals surface area (Å²) < 4.78 is 11.4. The van der Waals surface area contributed by atoms with Crippen molar-refractivity contribution >= 4 is 17.7 Å². The zero-order valence-corrected chi connectivity index (χ0v) is 16.5. The van der Waals surface area contributed by atoms with Crippen molar-refractivity contribution in [3.05, 3.63) is 53.6 Å². The number of nitrogens with one attached hydrogen (secondary N) is 1. The predicted molar refractivity (Wildman–Crippen MR) is 105 cm³/mol. The first kappa shape index (κ1) is 18.6. The molecule has 1 N–H and O–H groups in total. The minimum Gasteiger partial charge on any atom is -0.497 e. The van der Waals surface area contributed by atoms with E-state index in [-0.39, 0.29) is 17.6 Å². The molecule has 3 rings (SSSR count). The zero-order chi connectivity index (χ0) is 18.7. The molecule has 0 radical (unpaired) electrons. The topological polar surface area (TPSA) is 47.6 Å². The lowest BCUT2D eigenvalue weighted by molar-refractivity contribution is 0.0616. The summed E-state index contributed by atoms with van der Waals surface area (Å²) in [6.45, 7) is 6.16. The molecule has 0 saturated heterocycles. The van der Waals surface area contributed by atoms with Crippen LogP contribution in [0.2, 0.25) is 0 Å². The lowest BCUT2D eigenvalue weighted by Crippen LogP contribution is -2.41. The molecule has 1 aliphatic heterocycles. The summed E-state index contributed by atoms with van der Waals surface area (Å²) in [5, 5.41) is 3.21. The van der Waals surface area contributed by atoms with E-state index in [1.54, 1.807) is 18.9 Å². The van der Waals surface area contributed by atoms with Crippen LogP contribution >= 0.6 is 11.8 Å². The molecule has 1 heterocycles. The fourth-order valence-electron chi connectivity index (χ4n) is 3.26. The molecule has 0 fully saturated rings. The first-order valence-electron chi connectivity index (χ1n) is 8.83. The summed E-state index contributed by atoms with van der Waals surface area (Å²) in [6.07, 6.45) is 0.709. The van der Waals surface area contributed by atoms with E-state index in [1.807, 2.05) is 56.3 Å². The normalized spacial score (nSPS) is 17.8. The number of fused-ring (bicyclic) bond motifs is 1. The van der Waals surface area contributed by atoms with Crippen LogP contribution in [0.1, 0.15) is 49.2 Å². The lowest BCUT2D eigenvalue weighted by Gasteiger charge is -2.38. The highest BCUT2D eigenvalue weighted by Gasteiger charge is 2.35. The Morgan fingerprint density at radius 1 is 1.31 bits per heavy atom. The highest BCUT2D eigenvalue weighted by atomic mass is 32.2. The van der Waals surface area contributed by atoms with Crippen molar-refractivity contribution in [1.29, 1.82) is 0 Å². The van der Waals surface area contributed by atoms with Gasteiger partial charge in [-0.1, -0.05) is 19.1 Å². The smallest absolute Gasteiger partial charge is 0.252 e. The van der Waals surface area contributed by atoms with E-state index in [2.05, 4.69) is 12.2 Å². The average Bonchev–Trinajstić information content (AvgIpc) is 2.60. The van der Waals surface area contributed by atoms with E-state index >= 15 is 0 Å². The van der Waals surface area contributed by atoms with Gasteiger partial charge in [-0.3, -0.25) is 4.79 Å². The van der Waals surface area contributed by atoms with Crippen molar-refractivity contribution < 1.29 is 14.3 Å². The molecule has 1 aliphatic rings.